The Morgan fingerprint density at radius 2 is 1.81 bits per heavy atom. The minimum absolute atomic E-state index is 0.296. The zero-order valence-corrected chi connectivity index (χ0v) is 16.9. The molecule has 0 aliphatic carbocycles. The molecular weight excluding hydrogens is 372 g/mol. The fraction of sp³-hybridized carbons (Fsp3) is 0.529. The van der Waals surface area contributed by atoms with E-state index < -0.39 is 10.0 Å². The van der Waals surface area contributed by atoms with Crippen molar-refractivity contribution in [3.05, 3.63) is 29.3 Å². The van der Waals surface area contributed by atoms with E-state index in [1.807, 2.05) is 0 Å². The Kier molecular flexibility index (Phi) is 5.79. The molecule has 7 nitrogen and oxygen atoms in total. The maximum Gasteiger partial charge on any atom is 0.243 e. The van der Waals surface area contributed by atoms with Crippen molar-refractivity contribution in [2.45, 2.75) is 31.1 Å². The summed E-state index contributed by atoms with van der Waals surface area (Å²) < 4.78 is 32.5. The topological polar surface area (TPSA) is 75.6 Å². The predicted octanol–water partition coefficient (Wildman–Crippen LogP) is 2.57. The van der Waals surface area contributed by atoms with E-state index in [9.17, 15) is 8.42 Å². The molecule has 1 aromatic carbocycles. The summed E-state index contributed by atoms with van der Waals surface area (Å²) in [7, 11) is -1.95. The van der Waals surface area contributed by atoms with Crippen molar-refractivity contribution in [2.75, 3.05) is 38.2 Å². The Labute approximate surface area is 158 Å². The van der Waals surface area contributed by atoms with Crippen LogP contribution in [0.1, 0.15) is 31.2 Å². The van der Waals surface area contributed by atoms with Crippen LogP contribution in [0.25, 0.3) is 0 Å². The van der Waals surface area contributed by atoms with E-state index in [1.165, 1.54) is 0 Å². The van der Waals surface area contributed by atoms with Crippen LogP contribution in [0.2, 0.25) is 0 Å². The lowest BCUT2D eigenvalue weighted by atomic mass is 10.2. The molecule has 9 heteroatoms. The van der Waals surface area contributed by atoms with Crippen LogP contribution in [0, 0.1) is 0 Å². The summed E-state index contributed by atoms with van der Waals surface area (Å²) >= 11 is 1.59. The quantitative estimate of drug-likeness (QED) is 0.773. The minimum atomic E-state index is -3.51. The summed E-state index contributed by atoms with van der Waals surface area (Å²) in [5.74, 6) is 0.989. The summed E-state index contributed by atoms with van der Waals surface area (Å²) in [5.41, 5.74) is 0. The molecule has 0 spiro atoms. The molecule has 1 fully saturated rings. The molecule has 1 aromatic heterocycles. The van der Waals surface area contributed by atoms with E-state index in [0.29, 0.717) is 36.2 Å². The van der Waals surface area contributed by atoms with Gasteiger partial charge in [0.05, 0.1) is 12.0 Å². The number of nitrogens with zero attached hydrogens (tertiary/aromatic N) is 4. The molecule has 1 aliphatic heterocycles. The SMILES string of the molecule is COc1ccc(S(=O)(=O)N2CCCN(c3nnc(C(C)C)s3)CC2)cc1. The highest BCUT2D eigenvalue weighted by Crippen LogP contribution is 2.27. The second-order valence-corrected chi connectivity index (χ2v) is 9.42. The first-order chi connectivity index (χ1) is 12.4. The summed E-state index contributed by atoms with van der Waals surface area (Å²) in [6.07, 6.45) is 0.756. The van der Waals surface area contributed by atoms with Gasteiger partial charge in [0, 0.05) is 32.1 Å². The molecule has 3 rings (SSSR count). The average molecular weight is 397 g/mol. The van der Waals surface area contributed by atoms with Gasteiger partial charge in [-0.3, -0.25) is 0 Å². The molecule has 26 heavy (non-hydrogen) atoms. The number of rotatable bonds is 5. The van der Waals surface area contributed by atoms with Gasteiger partial charge >= 0.3 is 0 Å². The van der Waals surface area contributed by atoms with Crippen LogP contribution >= 0.6 is 11.3 Å². The summed E-state index contributed by atoms with van der Waals surface area (Å²) in [6, 6.07) is 6.53. The Morgan fingerprint density at radius 3 is 2.42 bits per heavy atom. The van der Waals surface area contributed by atoms with Gasteiger partial charge in [-0.05, 0) is 30.7 Å². The maximum absolute atomic E-state index is 12.9. The molecule has 0 atom stereocenters. The average Bonchev–Trinajstić information content (AvgIpc) is 3.00. The van der Waals surface area contributed by atoms with Crippen LogP contribution in [0.15, 0.2) is 29.2 Å². The maximum atomic E-state index is 12.9. The second kappa shape index (κ2) is 7.89. The molecule has 0 amide bonds. The van der Waals surface area contributed by atoms with E-state index in [1.54, 1.807) is 47.0 Å². The van der Waals surface area contributed by atoms with Crippen molar-refractivity contribution in [1.29, 1.82) is 0 Å². The van der Waals surface area contributed by atoms with Crippen molar-refractivity contribution >= 4 is 26.5 Å². The number of aromatic nitrogens is 2. The van der Waals surface area contributed by atoms with Crippen LogP contribution in [-0.2, 0) is 10.0 Å². The molecule has 0 radical (unpaired) electrons. The molecule has 0 unspecified atom stereocenters. The molecule has 0 bridgehead atoms. The van der Waals surface area contributed by atoms with Gasteiger partial charge < -0.3 is 9.64 Å². The van der Waals surface area contributed by atoms with Gasteiger partial charge in [0.2, 0.25) is 15.2 Å². The van der Waals surface area contributed by atoms with Crippen LogP contribution in [0.5, 0.6) is 5.75 Å². The second-order valence-electron chi connectivity index (χ2n) is 6.50. The number of anilines is 1. The molecular formula is C17H24N4O3S2. The third-order valence-corrected chi connectivity index (χ3v) is 7.54. The van der Waals surface area contributed by atoms with E-state index in [2.05, 4.69) is 28.9 Å². The number of methoxy groups -OCH3 is 1. The zero-order valence-electron chi connectivity index (χ0n) is 15.3. The molecule has 1 saturated heterocycles. The number of ether oxygens (including phenoxy) is 1. The fourth-order valence-corrected chi connectivity index (χ4v) is 5.18. The third-order valence-electron chi connectivity index (χ3n) is 4.35. The minimum Gasteiger partial charge on any atom is -0.497 e. The van der Waals surface area contributed by atoms with E-state index in [-0.39, 0.29) is 0 Å². The summed E-state index contributed by atoms with van der Waals surface area (Å²) in [4.78, 5) is 2.43. The monoisotopic (exact) mass is 396 g/mol. The Hall–Kier alpha value is -1.71. The molecule has 2 heterocycles. The number of sulfonamides is 1. The van der Waals surface area contributed by atoms with Crippen molar-refractivity contribution in [3.63, 3.8) is 0 Å². The normalized spacial score (nSPS) is 16.7. The lowest BCUT2D eigenvalue weighted by Gasteiger charge is -2.21. The van der Waals surface area contributed by atoms with Gasteiger partial charge in [0.15, 0.2) is 0 Å². The van der Waals surface area contributed by atoms with E-state index >= 15 is 0 Å². The summed E-state index contributed by atoms with van der Waals surface area (Å²) in [6.45, 7) is 6.51. The van der Waals surface area contributed by atoms with Gasteiger partial charge in [-0.1, -0.05) is 25.2 Å². The van der Waals surface area contributed by atoms with Gasteiger partial charge in [0.25, 0.3) is 0 Å². The van der Waals surface area contributed by atoms with Crippen LogP contribution in [0.3, 0.4) is 0 Å². The largest absolute Gasteiger partial charge is 0.497 e. The number of hydrogen-bond donors (Lipinski definition) is 0. The van der Waals surface area contributed by atoms with Crippen molar-refractivity contribution < 1.29 is 13.2 Å². The lowest BCUT2D eigenvalue weighted by Crippen LogP contribution is -2.35. The molecule has 2 aromatic rings. The standard InChI is InChI=1S/C17H24N4O3S2/c1-13(2)16-18-19-17(25-16)20-9-4-10-21(12-11-20)26(22,23)15-7-5-14(24-3)6-8-15/h5-8,13H,4,9-12H2,1-3H3. The van der Waals surface area contributed by atoms with Crippen molar-refractivity contribution in [1.82, 2.24) is 14.5 Å². The zero-order chi connectivity index (χ0) is 18.7. The lowest BCUT2D eigenvalue weighted by molar-refractivity contribution is 0.413. The first kappa shape index (κ1) is 19.1. The van der Waals surface area contributed by atoms with Crippen molar-refractivity contribution in [3.8, 4) is 5.75 Å². The smallest absolute Gasteiger partial charge is 0.243 e. The first-order valence-corrected chi connectivity index (χ1v) is 10.9. The van der Waals surface area contributed by atoms with Crippen molar-refractivity contribution in [2.24, 2.45) is 0 Å². The van der Waals surface area contributed by atoms with Gasteiger partial charge in [-0.2, -0.15) is 4.31 Å². The fourth-order valence-electron chi connectivity index (χ4n) is 2.81. The highest BCUT2D eigenvalue weighted by molar-refractivity contribution is 7.89. The highest BCUT2D eigenvalue weighted by atomic mass is 32.2. The Balaban J connectivity index is 1.72. The van der Waals surface area contributed by atoms with Gasteiger partial charge in [0.1, 0.15) is 10.8 Å². The van der Waals surface area contributed by atoms with Gasteiger partial charge in [-0.25, -0.2) is 8.42 Å². The Bertz CT molecular complexity index is 834. The van der Waals surface area contributed by atoms with E-state index in [4.69, 9.17) is 4.74 Å². The van der Waals surface area contributed by atoms with Crippen LogP contribution in [-0.4, -0.2) is 56.2 Å². The molecule has 1 aliphatic rings. The molecule has 0 saturated carbocycles. The number of hydrogen-bond acceptors (Lipinski definition) is 7. The number of benzene rings is 1. The molecule has 142 valence electrons. The summed E-state index contributed by atoms with van der Waals surface area (Å²) in [5, 5.41) is 10.4. The highest BCUT2D eigenvalue weighted by Gasteiger charge is 2.28. The first-order valence-electron chi connectivity index (χ1n) is 8.64. The predicted molar refractivity (Wildman–Crippen MR) is 103 cm³/mol. The van der Waals surface area contributed by atoms with E-state index in [0.717, 1.165) is 23.1 Å². The van der Waals surface area contributed by atoms with Crippen LogP contribution in [0.4, 0.5) is 5.13 Å². The Morgan fingerprint density at radius 1 is 1.08 bits per heavy atom. The molecule has 0 N–H and O–H groups in total. The van der Waals surface area contributed by atoms with Gasteiger partial charge in [-0.15, -0.1) is 10.2 Å². The third kappa shape index (κ3) is 3.99. The van der Waals surface area contributed by atoms with Crippen LogP contribution < -0.4 is 9.64 Å².